The van der Waals surface area contributed by atoms with E-state index in [9.17, 15) is 18.0 Å². The van der Waals surface area contributed by atoms with Gasteiger partial charge in [0.1, 0.15) is 12.6 Å². The van der Waals surface area contributed by atoms with Crippen LogP contribution < -0.4 is 10.6 Å². The molecule has 2 N–H and O–H groups in total. The van der Waals surface area contributed by atoms with E-state index in [1.807, 2.05) is 27.0 Å². The van der Waals surface area contributed by atoms with Gasteiger partial charge >= 0.3 is 0 Å². The normalized spacial score (nSPS) is 16.6. The van der Waals surface area contributed by atoms with Gasteiger partial charge in [0.2, 0.25) is 15.9 Å². The summed E-state index contributed by atoms with van der Waals surface area (Å²) in [7, 11) is -1.77. The maximum absolute atomic E-state index is 12.9. The van der Waals surface area contributed by atoms with E-state index in [4.69, 9.17) is 5.26 Å². The average molecular weight is 436 g/mol. The largest absolute Gasteiger partial charge is 0.341 e. The molecule has 0 unspecified atom stereocenters. The van der Waals surface area contributed by atoms with Crippen LogP contribution >= 0.6 is 0 Å². The number of benzene rings is 1. The summed E-state index contributed by atoms with van der Waals surface area (Å²) in [6.45, 7) is 5.76. The van der Waals surface area contributed by atoms with E-state index in [0.717, 1.165) is 0 Å². The van der Waals surface area contributed by atoms with Crippen LogP contribution in [0.1, 0.15) is 30.6 Å². The Kier molecular flexibility index (Phi) is 8.34. The Balaban J connectivity index is 2.18. The zero-order valence-corrected chi connectivity index (χ0v) is 18.4. The SMILES string of the molecule is CC(C)C[C@H](NC(=O)c1cccc(S(=O)(=O)N2CCN(C)CC2)c1)C(=O)NCC#N. The molecule has 1 aromatic rings. The Bertz CT molecular complexity index is 902. The van der Waals surface area contributed by atoms with Crippen molar-refractivity contribution < 1.29 is 18.0 Å². The van der Waals surface area contributed by atoms with Gasteiger partial charge in [0.05, 0.1) is 11.0 Å². The Morgan fingerprint density at radius 1 is 1.20 bits per heavy atom. The van der Waals surface area contributed by atoms with Crippen LogP contribution in [0, 0.1) is 17.2 Å². The number of carbonyl (C=O) groups is 2. The highest BCUT2D eigenvalue weighted by atomic mass is 32.2. The van der Waals surface area contributed by atoms with Crippen molar-refractivity contribution in [3.8, 4) is 6.07 Å². The third kappa shape index (κ3) is 6.26. The molecule has 2 amide bonds. The predicted octanol–water partition coefficient (Wildman–Crippen LogP) is 0.407. The first-order valence-electron chi connectivity index (χ1n) is 9.89. The number of nitriles is 1. The van der Waals surface area contributed by atoms with Gasteiger partial charge in [-0.2, -0.15) is 9.57 Å². The van der Waals surface area contributed by atoms with Crippen LogP contribution in [0.2, 0.25) is 0 Å². The Labute approximate surface area is 178 Å². The van der Waals surface area contributed by atoms with Crippen LogP contribution in [-0.4, -0.2) is 75.3 Å². The van der Waals surface area contributed by atoms with Crippen molar-refractivity contribution in [1.82, 2.24) is 19.8 Å². The summed E-state index contributed by atoms with van der Waals surface area (Å²) in [5, 5.41) is 13.8. The minimum Gasteiger partial charge on any atom is -0.341 e. The minimum absolute atomic E-state index is 0.0500. The van der Waals surface area contributed by atoms with Gasteiger partial charge in [-0.15, -0.1) is 0 Å². The van der Waals surface area contributed by atoms with Gasteiger partial charge in [0, 0.05) is 31.7 Å². The van der Waals surface area contributed by atoms with E-state index >= 15 is 0 Å². The minimum atomic E-state index is -3.71. The molecule has 0 aliphatic carbocycles. The van der Waals surface area contributed by atoms with Gasteiger partial charge in [-0.3, -0.25) is 9.59 Å². The van der Waals surface area contributed by atoms with E-state index in [1.165, 1.54) is 28.6 Å². The lowest BCUT2D eigenvalue weighted by Crippen LogP contribution is -2.47. The third-order valence-corrected chi connectivity index (χ3v) is 6.76. The molecule has 1 aliphatic heterocycles. The van der Waals surface area contributed by atoms with Crippen LogP contribution in [0.3, 0.4) is 0 Å². The number of amides is 2. The molecule has 1 aliphatic rings. The Morgan fingerprint density at radius 3 is 2.47 bits per heavy atom. The molecule has 30 heavy (non-hydrogen) atoms. The van der Waals surface area contributed by atoms with Crippen LogP contribution in [0.5, 0.6) is 0 Å². The second-order valence-corrected chi connectivity index (χ2v) is 9.70. The van der Waals surface area contributed by atoms with Gasteiger partial charge in [0.25, 0.3) is 5.91 Å². The van der Waals surface area contributed by atoms with Crippen molar-refractivity contribution in [2.75, 3.05) is 39.8 Å². The number of sulfonamides is 1. The molecule has 10 heteroatoms. The smallest absolute Gasteiger partial charge is 0.251 e. The highest BCUT2D eigenvalue weighted by Gasteiger charge is 2.28. The summed E-state index contributed by atoms with van der Waals surface area (Å²) in [4.78, 5) is 27.1. The van der Waals surface area contributed by atoms with Crippen molar-refractivity contribution in [2.24, 2.45) is 5.92 Å². The average Bonchev–Trinajstić information content (AvgIpc) is 2.71. The standard InChI is InChI=1S/C20H29N5O4S/c1-15(2)13-18(20(27)22-8-7-21)23-19(26)16-5-4-6-17(14-16)30(28,29)25-11-9-24(3)10-12-25/h4-6,14-15,18H,8-13H2,1-3H3,(H,22,27)(H,23,26)/t18-/m0/s1. The fourth-order valence-corrected chi connectivity index (χ4v) is 4.64. The molecule has 0 bridgehead atoms. The number of rotatable bonds is 8. The van der Waals surface area contributed by atoms with Crippen LogP contribution in [0.4, 0.5) is 0 Å². The van der Waals surface area contributed by atoms with E-state index in [1.54, 1.807) is 0 Å². The molecule has 0 radical (unpaired) electrons. The molecule has 9 nitrogen and oxygen atoms in total. The fourth-order valence-electron chi connectivity index (χ4n) is 3.17. The van der Waals surface area contributed by atoms with Gasteiger partial charge < -0.3 is 15.5 Å². The van der Waals surface area contributed by atoms with E-state index in [2.05, 4.69) is 15.5 Å². The van der Waals surface area contributed by atoms with E-state index in [0.29, 0.717) is 32.6 Å². The number of nitrogens with one attached hydrogen (secondary N) is 2. The Hall–Kier alpha value is -2.48. The molecular weight excluding hydrogens is 406 g/mol. The molecule has 1 fully saturated rings. The molecule has 164 valence electrons. The molecule has 0 saturated carbocycles. The molecular formula is C20H29N5O4S. The van der Waals surface area contributed by atoms with Crippen molar-refractivity contribution >= 4 is 21.8 Å². The van der Waals surface area contributed by atoms with E-state index < -0.39 is 27.9 Å². The summed E-state index contributed by atoms with van der Waals surface area (Å²) in [6, 6.07) is 6.85. The molecule has 0 spiro atoms. The number of hydrogen-bond acceptors (Lipinski definition) is 6. The second-order valence-electron chi connectivity index (χ2n) is 7.77. The first-order chi connectivity index (χ1) is 14.1. The van der Waals surface area contributed by atoms with Crippen LogP contribution in [0.15, 0.2) is 29.2 Å². The third-order valence-electron chi connectivity index (χ3n) is 4.87. The first kappa shape index (κ1) is 23.8. The zero-order valence-electron chi connectivity index (χ0n) is 17.6. The number of nitrogens with zero attached hydrogens (tertiary/aromatic N) is 3. The van der Waals surface area contributed by atoms with Crippen molar-refractivity contribution in [3.05, 3.63) is 29.8 Å². The maximum Gasteiger partial charge on any atom is 0.251 e. The highest BCUT2D eigenvalue weighted by molar-refractivity contribution is 7.89. The van der Waals surface area contributed by atoms with Crippen molar-refractivity contribution in [1.29, 1.82) is 5.26 Å². The monoisotopic (exact) mass is 435 g/mol. The first-order valence-corrected chi connectivity index (χ1v) is 11.3. The number of carbonyl (C=O) groups excluding carboxylic acids is 2. The lowest BCUT2D eigenvalue weighted by atomic mass is 10.0. The topological polar surface area (TPSA) is 123 Å². The molecule has 1 saturated heterocycles. The molecule has 0 aromatic heterocycles. The number of hydrogen-bond donors (Lipinski definition) is 2. The number of likely N-dealkylation sites (N-methyl/N-ethyl adjacent to an activating group) is 1. The molecule has 1 atom stereocenters. The lowest BCUT2D eigenvalue weighted by Gasteiger charge is -2.31. The number of piperazine rings is 1. The fraction of sp³-hybridized carbons (Fsp3) is 0.550. The van der Waals surface area contributed by atoms with Gasteiger partial charge in [-0.1, -0.05) is 19.9 Å². The summed E-state index contributed by atoms with van der Waals surface area (Å²) in [5.41, 5.74) is 0.159. The second kappa shape index (κ2) is 10.5. The molecule has 1 aromatic carbocycles. The predicted molar refractivity (Wildman–Crippen MR) is 112 cm³/mol. The Morgan fingerprint density at radius 2 is 1.87 bits per heavy atom. The summed E-state index contributed by atoms with van der Waals surface area (Å²) in [5.74, 6) is -0.852. The lowest BCUT2D eigenvalue weighted by molar-refractivity contribution is -0.123. The van der Waals surface area contributed by atoms with Crippen molar-refractivity contribution in [3.63, 3.8) is 0 Å². The van der Waals surface area contributed by atoms with Crippen LogP contribution in [0.25, 0.3) is 0 Å². The summed E-state index contributed by atoms with van der Waals surface area (Å²) < 4.78 is 27.3. The molecule has 1 heterocycles. The maximum atomic E-state index is 12.9. The van der Waals surface area contributed by atoms with Gasteiger partial charge in [0.15, 0.2) is 0 Å². The van der Waals surface area contributed by atoms with Gasteiger partial charge in [-0.05, 0) is 37.6 Å². The van der Waals surface area contributed by atoms with E-state index in [-0.39, 0.29) is 22.9 Å². The van der Waals surface area contributed by atoms with Crippen LogP contribution in [-0.2, 0) is 14.8 Å². The summed E-state index contributed by atoms with van der Waals surface area (Å²) >= 11 is 0. The van der Waals surface area contributed by atoms with Crippen molar-refractivity contribution in [2.45, 2.75) is 31.2 Å². The molecule has 2 rings (SSSR count). The quantitative estimate of drug-likeness (QED) is 0.570. The van der Waals surface area contributed by atoms with Gasteiger partial charge in [-0.25, -0.2) is 8.42 Å². The highest BCUT2D eigenvalue weighted by Crippen LogP contribution is 2.19. The summed E-state index contributed by atoms with van der Waals surface area (Å²) in [6.07, 6.45) is 0.391. The zero-order chi connectivity index (χ0) is 22.3.